The van der Waals surface area contributed by atoms with Crippen molar-refractivity contribution in [1.82, 2.24) is 10.2 Å². The Morgan fingerprint density at radius 2 is 1.38 bits per heavy atom. The molecule has 9 nitrogen and oxygen atoms in total. The zero-order valence-corrected chi connectivity index (χ0v) is 18.7. The maximum Gasteiger partial charge on any atom is 0.414 e. The number of carboxylic acid groups (broad SMARTS) is 2. The number of carbonyl (C=O) groups excluding carboxylic acids is 1. The number of hydrogen-bond acceptors (Lipinski definition) is 6. The quantitative estimate of drug-likeness (QED) is 0.370. The van der Waals surface area contributed by atoms with Crippen molar-refractivity contribution in [3.63, 3.8) is 0 Å². The Labute approximate surface area is 189 Å². The summed E-state index contributed by atoms with van der Waals surface area (Å²) in [5, 5.41) is 21.2. The molecule has 32 heavy (non-hydrogen) atoms. The van der Waals surface area contributed by atoms with Gasteiger partial charge in [0.15, 0.2) is 0 Å². The number of para-hydroxylation sites is 2. The Hall–Kier alpha value is -2.65. The lowest BCUT2D eigenvalue weighted by molar-refractivity contribution is -0.159. The molecule has 2 saturated heterocycles. The molecule has 178 valence electrons. The minimum Gasteiger partial charge on any atom is -0.473 e. The molecule has 0 bridgehead atoms. The van der Waals surface area contributed by atoms with Crippen LogP contribution in [0.15, 0.2) is 24.3 Å². The third-order valence-corrected chi connectivity index (χ3v) is 5.65. The van der Waals surface area contributed by atoms with E-state index in [1.54, 1.807) is 0 Å². The van der Waals surface area contributed by atoms with Crippen molar-refractivity contribution in [3.05, 3.63) is 24.3 Å². The minimum atomic E-state index is -1.82. The molecule has 0 atom stereocenters. The van der Waals surface area contributed by atoms with Crippen LogP contribution in [0.5, 0.6) is 0 Å². The van der Waals surface area contributed by atoms with Crippen LogP contribution < -0.4 is 15.5 Å². The Bertz CT molecular complexity index is 717. The molecular formula is C23H36N4O5. The third kappa shape index (κ3) is 9.65. The first-order chi connectivity index (χ1) is 15.5. The van der Waals surface area contributed by atoms with E-state index in [4.69, 9.17) is 19.8 Å². The van der Waals surface area contributed by atoms with Crippen LogP contribution in [0, 0.1) is 0 Å². The molecule has 0 spiro atoms. The number of piperidine rings is 1. The van der Waals surface area contributed by atoms with Crippen molar-refractivity contribution in [3.8, 4) is 0 Å². The minimum absolute atomic E-state index is 0.0471. The highest BCUT2D eigenvalue weighted by molar-refractivity contribution is 6.27. The van der Waals surface area contributed by atoms with Gasteiger partial charge in [-0.3, -0.25) is 4.79 Å². The number of hydrogen-bond donors (Lipinski definition) is 4. The second-order valence-corrected chi connectivity index (χ2v) is 8.16. The van der Waals surface area contributed by atoms with Crippen LogP contribution >= 0.6 is 0 Å². The molecule has 4 N–H and O–H groups in total. The Balaban J connectivity index is 0.000000534. The number of benzene rings is 1. The lowest BCUT2D eigenvalue weighted by atomic mass is 10.1. The zero-order valence-electron chi connectivity index (χ0n) is 18.7. The average molecular weight is 449 g/mol. The molecule has 1 aromatic rings. The second-order valence-electron chi connectivity index (χ2n) is 8.16. The van der Waals surface area contributed by atoms with E-state index in [2.05, 4.69) is 32.6 Å². The van der Waals surface area contributed by atoms with Crippen LogP contribution in [0.2, 0.25) is 0 Å². The van der Waals surface area contributed by atoms with Gasteiger partial charge in [0.2, 0.25) is 5.91 Å². The van der Waals surface area contributed by atoms with Gasteiger partial charge in [-0.05, 0) is 50.9 Å². The summed E-state index contributed by atoms with van der Waals surface area (Å²) in [7, 11) is 0. The Morgan fingerprint density at radius 1 is 0.812 bits per heavy atom. The van der Waals surface area contributed by atoms with Gasteiger partial charge < -0.3 is 30.6 Å². The number of rotatable bonds is 7. The highest BCUT2D eigenvalue weighted by Crippen LogP contribution is 2.27. The topological polar surface area (TPSA) is 122 Å². The molecule has 0 unspecified atom stereocenters. The maximum atomic E-state index is 12.4. The summed E-state index contributed by atoms with van der Waals surface area (Å²) in [6.07, 6.45) is 9.09. The molecule has 0 aromatic heterocycles. The summed E-state index contributed by atoms with van der Waals surface area (Å²) in [5.74, 6) is -3.60. The average Bonchev–Trinajstić information content (AvgIpc) is 3.08. The zero-order chi connectivity index (χ0) is 23.2. The summed E-state index contributed by atoms with van der Waals surface area (Å²) >= 11 is 0. The van der Waals surface area contributed by atoms with E-state index < -0.39 is 11.9 Å². The van der Waals surface area contributed by atoms with Crippen molar-refractivity contribution < 1.29 is 24.6 Å². The van der Waals surface area contributed by atoms with Gasteiger partial charge in [-0.15, -0.1) is 0 Å². The van der Waals surface area contributed by atoms with Crippen LogP contribution in [0.1, 0.15) is 44.9 Å². The third-order valence-electron chi connectivity index (χ3n) is 5.65. The number of nitrogens with zero attached hydrogens (tertiary/aromatic N) is 2. The largest absolute Gasteiger partial charge is 0.473 e. The number of aliphatic carboxylic acids is 2. The van der Waals surface area contributed by atoms with Crippen LogP contribution in [-0.4, -0.2) is 78.8 Å². The van der Waals surface area contributed by atoms with E-state index in [0.717, 1.165) is 37.6 Å². The van der Waals surface area contributed by atoms with Crippen LogP contribution in [0.25, 0.3) is 0 Å². The van der Waals surface area contributed by atoms with Gasteiger partial charge in [-0.1, -0.05) is 31.4 Å². The van der Waals surface area contributed by atoms with E-state index in [0.29, 0.717) is 6.54 Å². The molecule has 2 fully saturated rings. The first-order valence-corrected chi connectivity index (χ1v) is 11.5. The molecule has 0 saturated carbocycles. The molecule has 0 radical (unpaired) electrons. The molecular weight excluding hydrogens is 412 g/mol. The normalized spacial score (nSPS) is 16.9. The van der Waals surface area contributed by atoms with E-state index in [1.165, 1.54) is 58.0 Å². The Morgan fingerprint density at radius 3 is 2.00 bits per heavy atom. The SMILES string of the molecule is O=C(CNCCN1CCCCC1)Nc1ccccc1N1CCCCCC1.O=C(O)C(=O)O. The van der Waals surface area contributed by atoms with Crippen LogP contribution in [-0.2, 0) is 14.4 Å². The van der Waals surface area contributed by atoms with Crippen molar-refractivity contribution in [2.24, 2.45) is 0 Å². The van der Waals surface area contributed by atoms with Crippen molar-refractivity contribution in [2.75, 3.05) is 56.0 Å². The fourth-order valence-electron chi connectivity index (χ4n) is 3.98. The standard InChI is InChI=1S/C21H34N4O.C2H2O4/c26-21(18-22-12-17-24-13-6-3-7-14-24)23-19-10-4-5-11-20(19)25-15-8-1-2-9-16-25;3-1(4)2(5)6/h4-5,10-11,22H,1-3,6-9,12-18H2,(H,23,26);(H,3,4)(H,5,6). The number of nitrogens with one attached hydrogen (secondary N) is 2. The lowest BCUT2D eigenvalue weighted by Crippen LogP contribution is -2.38. The summed E-state index contributed by atoms with van der Waals surface area (Å²) in [4.78, 5) is 35.5. The van der Waals surface area contributed by atoms with Crippen LogP contribution in [0.4, 0.5) is 11.4 Å². The molecule has 3 rings (SSSR count). The van der Waals surface area contributed by atoms with Gasteiger partial charge in [0, 0.05) is 26.2 Å². The van der Waals surface area contributed by atoms with Gasteiger partial charge in [0.25, 0.3) is 0 Å². The number of amides is 1. The molecule has 9 heteroatoms. The summed E-state index contributed by atoms with van der Waals surface area (Å²) in [6, 6.07) is 8.21. The van der Waals surface area contributed by atoms with Gasteiger partial charge in [-0.25, -0.2) is 9.59 Å². The van der Waals surface area contributed by atoms with Crippen molar-refractivity contribution in [1.29, 1.82) is 0 Å². The fourth-order valence-corrected chi connectivity index (χ4v) is 3.98. The summed E-state index contributed by atoms with van der Waals surface area (Å²) < 4.78 is 0. The van der Waals surface area contributed by atoms with Crippen molar-refractivity contribution >= 4 is 29.2 Å². The molecule has 1 amide bonds. The number of carbonyl (C=O) groups is 3. The fraction of sp³-hybridized carbons (Fsp3) is 0.609. The van der Waals surface area contributed by atoms with E-state index >= 15 is 0 Å². The van der Waals surface area contributed by atoms with Gasteiger partial charge in [0.05, 0.1) is 17.9 Å². The maximum absolute atomic E-state index is 12.4. The Kier molecular flexibility index (Phi) is 11.5. The lowest BCUT2D eigenvalue weighted by Gasteiger charge is -2.26. The summed E-state index contributed by atoms with van der Waals surface area (Å²) in [6.45, 7) is 6.87. The van der Waals surface area contributed by atoms with Crippen LogP contribution in [0.3, 0.4) is 0 Å². The number of likely N-dealkylation sites (tertiary alicyclic amines) is 1. The highest BCUT2D eigenvalue weighted by atomic mass is 16.4. The van der Waals surface area contributed by atoms with Gasteiger partial charge in [-0.2, -0.15) is 0 Å². The number of carboxylic acids is 2. The predicted octanol–water partition coefficient (Wildman–Crippen LogP) is 2.24. The summed E-state index contributed by atoms with van der Waals surface area (Å²) in [5.41, 5.74) is 2.10. The molecule has 0 aliphatic carbocycles. The molecule has 2 heterocycles. The van der Waals surface area contributed by atoms with E-state index in [9.17, 15) is 4.79 Å². The number of anilines is 2. The van der Waals surface area contributed by atoms with E-state index in [-0.39, 0.29) is 5.91 Å². The van der Waals surface area contributed by atoms with Crippen molar-refractivity contribution in [2.45, 2.75) is 44.9 Å². The van der Waals surface area contributed by atoms with E-state index in [1.807, 2.05) is 12.1 Å². The molecule has 2 aliphatic rings. The van der Waals surface area contributed by atoms with Gasteiger partial charge >= 0.3 is 11.9 Å². The second kappa shape index (κ2) is 14.4. The predicted molar refractivity (Wildman–Crippen MR) is 124 cm³/mol. The molecule has 2 aliphatic heterocycles. The van der Waals surface area contributed by atoms with Gasteiger partial charge in [0.1, 0.15) is 0 Å². The first kappa shape index (κ1) is 25.6. The smallest absolute Gasteiger partial charge is 0.414 e. The highest BCUT2D eigenvalue weighted by Gasteiger charge is 2.15. The molecule has 1 aromatic carbocycles. The monoisotopic (exact) mass is 448 g/mol. The first-order valence-electron chi connectivity index (χ1n) is 11.5.